The van der Waals surface area contributed by atoms with E-state index in [1.165, 1.54) is 32.1 Å². The molecule has 0 saturated heterocycles. The molecule has 3 N–H and O–H groups in total. The number of halogens is 1. The van der Waals surface area contributed by atoms with E-state index in [1.54, 1.807) is 26.3 Å². The summed E-state index contributed by atoms with van der Waals surface area (Å²) < 4.78 is 11.1. The fourth-order valence-corrected chi connectivity index (χ4v) is 2.99. The summed E-state index contributed by atoms with van der Waals surface area (Å²) in [6.45, 7) is 2.06. The van der Waals surface area contributed by atoms with Crippen molar-refractivity contribution in [2.45, 2.75) is 51.2 Å². The van der Waals surface area contributed by atoms with Gasteiger partial charge in [-0.1, -0.05) is 19.3 Å². The normalized spacial score (nSPS) is 15.2. The third-order valence-electron chi connectivity index (χ3n) is 4.48. The zero-order valence-corrected chi connectivity index (χ0v) is 18.1. The highest BCUT2D eigenvalue weighted by Gasteiger charge is 2.13. The summed E-state index contributed by atoms with van der Waals surface area (Å²) in [5.41, 5.74) is 0.767. The van der Waals surface area contributed by atoms with Crippen LogP contribution >= 0.6 is 24.0 Å². The molecule has 0 amide bonds. The molecule has 148 valence electrons. The molecule has 0 aromatic heterocycles. The van der Waals surface area contributed by atoms with Crippen molar-refractivity contribution in [3.8, 4) is 11.5 Å². The van der Waals surface area contributed by atoms with Crippen molar-refractivity contribution in [2.24, 2.45) is 4.99 Å². The minimum Gasteiger partial charge on any atom is -0.508 e. The topological polar surface area (TPSA) is 75.1 Å². The Balaban J connectivity index is 0.00000338. The number of hydrogen-bond donors (Lipinski definition) is 3. The molecular formula is C19H32IN3O3. The summed E-state index contributed by atoms with van der Waals surface area (Å²) >= 11 is 0. The number of ether oxygens (including phenoxy) is 2. The number of aliphatic imine (C=N–C) groups is 1. The molecule has 1 saturated carbocycles. The van der Waals surface area contributed by atoms with Crippen molar-refractivity contribution in [1.82, 2.24) is 10.6 Å². The highest BCUT2D eigenvalue weighted by molar-refractivity contribution is 14.0. The van der Waals surface area contributed by atoms with Crippen LogP contribution in [0.5, 0.6) is 11.5 Å². The van der Waals surface area contributed by atoms with Crippen LogP contribution in [0.3, 0.4) is 0 Å². The molecule has 26 heavy (non-hydrogen) atoms. The Hall–Kier alpha value is -1.22. The van der Waals surface area contributed by atoms with Crippen LogP contribution in [-0.2, 0) is 11.3 Å². The van der Waals surface area contributed by atoms with E-state index >= 15 is 0 Å². The minimum atomic E-state index is 0. The summed E-state index contributed by atoms with van der Waals surface area (Å²) in [6.07, 6.45) is 7.78. The number of guanidine groups is 1. The molecule has 0 spiro atoms. The van der Waals surface area contributed by atoms with Crippen LogP contribution < -0.4 is 15.4 Å². The van der Waals surface area contributed by atoms with Gasteiger partial charge < -0.3 is 25.2 Å². The van der Waals surface area contributed by atoms with Gasteiger partial charge in [0.2, 0.25) is 0 Å². The van der Waals surface area contributed by atoms with Gasteiger partial charge in [-0.05, 0) is 37.5 Å². The average Bonchev–Trinajstić information content (AvgIpc) is 2.66. The van der Waals surface area contributed by atoms with E-state index < -0.39 is 0 Å². The molecule has 0 unspecified atom stereocenters. The first-order chi connectivity index (χ1) is 12.2. The maximum absolute atomic E-state index is 9.91. The molecule has 0 heterocycles. The van der Waals surface area contributed by atoms with E-state index in [-0.39, 0.29) is 29.7 Å². The van der Waals surface area contributed by atoms with Gasteiger partial charge in [0.25, 0.3) is 0 Å². The van der Waals surface area contributed by atoms with Crippen molar-refractivity contribution in [3.63, 3.8) is 0 Å². The summed E-state index contributed by atoms with van der Waals surface area (Å²) in [5.74, 6) is 1.67. The van der Waals surface area contributed by atoms with Crippen LogP contribution in [0.4, 0.5) is 0 Å². The first-order valence-corrected chi connectivity index (χ1v) is 9.15. The standard InChI is InChI=1S/C19H31N3O3.HI/c1-20-19(21-11-6-12-25-16-7-4-3-5-8-16)22-14-15-13-17(24-2)9-10-18(15)23;/h9-10,13,16,23H,3-8,11-12,14H2,1-2H3,(H2,20,21,22);1H. The van der Waals surface area contributed by atoms with Crippen LogP contribution in [0, 0.1) is 0 Å². The van der Waals surface area contributed by atoms with Crippen molar-refractivity contribution >= 4 is 29.9 Å². The van der Waals surface area contributed by atoms with Gasteiger partial charge in [0, 0.05) is 32.3 Å². The molecule has 0 radical (unpaired) electrons. The quantitative estimate of drug-likeness (QED) is 0.232. The molecule has 6 nitrogen and oxygen atoms in total. The highest BCUT2D eigenvalue weighted by Crippen LogP contribution is 2.22. The van der Waals surface area contributed by atoms with Crippen molar-refractivity contribution in [1.29, 1.82) is 0 Å². The zero-order chi connectivity index (χ0) is 17.9. The van der Waals surface area contributed by atoms with Gasteiger partial charge >= 0.3 is 0 Å². The van der Waals surface area contributed by atoms with Gasteiger partial charge in [-0.3, -0.25) is 4.99 Å². The Morgan fingerprint density at radius 2 is 2.00 bits per heavy atom. The average molecular weight is 477 g/mol. The minimum absolute atomic E-state index is 0. The second kappa shape index (κ2) is 13.0. The summed E-state index contributed by atoms with van der Waals surface area (Å²) in [5, 5.41) is 16.4. The lowest BCUT2D eigenvalue weighted by atomic mass is 9.98. The van der Waals surface area contributed by atoms with Crippen LogP contribution in [-0.4, -0.2) is 44.5 Å². The lowest BCUT2D eigenvalue weighted by Crippen LogP contribution is -2.37. The second-order valence-corrected chi connectivity index (χ2v) is 6.33. The van der Waals surface area contributed by atoms with E-state index in [9.17, 15) is 5.11 Å². The Labute approximate surface area is 173 Å². The van der Waals surface area contributed by atoms with E-state index in [2.05, 4.69) is 15.6 Å². The number of phenols is 1. The van der Waals surface area contributed by atoms with E-state index in [1.807, 2.05) is 6.07 Å². The number of aromatic hydroxyl groups is 1. The lowest BCUT2D eigenvalue weighted by molar-refractivity contribution is 0.0277. The second-order valence-electron chi connectivity index (χ2n) is 6.33. The van der Waals surface area contributed by atoms with Crippen LogP contribution in [0.15, 0.2) is 23.2 Å². The lowest BCUT2D eigenvalue weighted by Gasteiger charge is -2.22. The molecule has 1 aromatic rings. The maximum Gasteiger partial charge on any atom is 0.191 e. The Morgan fingerprint density at radius 1 is 1.23 bits per heavy atom. The number of methoxy groups -OCH3 is 1. The third-order valence-corrected chi connectivity index (χ3v) is 4.48. The molecule has 0 bridgehead atoms. The monoisotopic (exact) mass is 477 g/mol. The molecular weight excluding hydrogens is 445 g/mol. The predicted molar refractivity (Wildman–Crippen MR) is 116 cm³/mol. The van der Waals surface area contributed by atoms with Gasteiger partial charge in [-0.25, -0.2) is 0 Å². The molecule has 0 atom stereocenters. The Kier molecular flexibility index (Phi) is 11.4. The van der Waals surface area contributed by atoms with E-state index in [0.717, 1.165) is 30.9 Å². The predicted octanol–water partition coefficient (Wildman–Crippen LogP) is 3.42. The number of rotatable bonds is 8. The Morgan fingerprint density at radius 3 is 2.69 bits per heavy atom. The molecule has 1 aliphatic carbocycles. The first-order valence-electron chi connectivity index (χ1n) is 9.15. The number of hydrogen-bond acceptors (Lipinski definition) is 4. The smallest absolute Gasteiger partial charge is 0.191 e. The zero-order valence-electron chi connectivity index (χ0n) is 15.8. The molecule has 0 aliphatic heterocycles. The fraction of sp³-hybridized carbons (Fsp3) is 0.632. The fourth-order valence-electron chi connectivity index (χ4n) is 2.99. The molecule has 1 aromatic carbocycles. The molecule has 1 aliphatic rings. The number of nitrogens with zero attached hydrogens (tertiary/aromatic N) is 1. The van der Waals surface area contributed by atoms with Gasteiger partial charge in [0.1, 0.15) is 11.5 Å². The number of nitrogens with one attached hydrogen (secondary N) is 2. The number of phenolic OH excluding ortho intramolecular Hbond substituents is 1. The third kappa shape index (κ3) is 7.99. The van der Waals surface area contributed by atoms with Gasteiger partial charge in [-0.15, -0.1) is 24.0 Å². The van der Waals surface area contributed by atoms with E-state index in [0.29, 0.717) is 18.6 Å². The van der Waals surface area contributed by atoms with Crippen LogP contribution in [0.25, 0.3) is 0 Å². The van der Waals surface area contributed by atoms with Crippen molar-refractivity contribution in [3.05, 3.63) is 23.8 Å². The van der Waals surface area contributed by atoms with Crippen molar-refractivity contribution < 1.29 is 14.6 Å². The van der Waals surface area contributed by atoms with Crippen molar-refractivity contribution in [2.75, 3.05) is 27.3 Å². The van der Waals surface area contributed by atoms with Crippen LogP contribution in [0.2, 0.25) is 0 Å². The molecule has 7 heteroatoms. The molecule has 1 fully saturated rings. The highest BCUT2D eigenvalue weighted by atomic mass is 127. The first kappa shape index (κ1) is 22.8. The largest absolute Gasteiger partial charge is 0.508 e. The van der Waals surface area contributed by atoms with Crippen LogP contribution in [0.1, 0.15) is 44.1 Å². The molecule has 2 rings (SSSR count). The van der Waals surface area contributed by atoms with E-state index in [4.69, 9.17) is 9.47 Å². The number of benzene rings is 1. The Bertz CT molecular complexity index is 549. The van der Waals surface area contributed by atoms with Gasteiger partial charge in [-0.2, -0.15) is 0 Å². The summed E-state index contributed by atoms with van der Waals surface area (Å²) in [4.78, 5) is 4.20. The maximum atomic E-state index is 9.91. The summed E-state index contributed by atoms with van der Waals surface area (Å²) in [7, 11) is 3.35. The van der Waals surface area contributed by atoms with Gasteiger partial charge in [0.05, 0.1) is 13.2 Å². The summed E-state index contributed by atoms with van der Waals surface area (Å²) in [6, 6.07) is 5.18. The SMILES string of the molecule is CN=C(NCCCOC1CCCCC1)NCc1cc(OC)ccc1O.I. The van der Waals surface area contributed by atoms with Gasteiger partial charge in [0.15, 0.2) is 5.96 Å².